The van der Waals surface area contributed by atoms with Crippen molar-refractivity contribution in [3.63, 3.8) is 0 Å². The quantitative estimate of drug-likeness (QED) is 0.862. The molecular weight excluding hydrogens is 269 g/mol. The number of hydrogen-bond acceptors (Lipinski definition) is 2. The Labute approximate surface area is 115 Å². The van der Waals surface area contributed by atoms with Gasteiger partial charge >= 0.3 is 0 Å². The van der Waals surface area contributed by atoms with E-state index in [4.69, 9.17) is 0 Å². The van der Waals surface area contributed by atoms with Gasteiger partial charge in [0.2, 0.25) is 0 Å². The van der Waals surface area contributed by atoms with E-state index >= 15 is 0 Å². The summed E-state index contributed by atoms with van der Waals surface area (Å²) in [4.78, 5) is 13.7. The van der Waals surface area contributed by atoms with E-state index < -0.39 is 28.9 Å². The molecule has 0 spiro atoms. The van der Waals surface area contributed by atoms with Crippen LogP contribution in [0.15, 0.2) is 12.1 Å². The standard InChI is InChI=1S/C14H17F3N2O/c1-2-19(8-9-4-3-7-18-9)14(20)10-5-6-11(15)13(17)12(10)16/h5-6,9,18H,2-4,7-8H2,1H3. The van der Waals surface area contributed by atoms with E-state index in [1.165, 1.54) is 4.90 Å². The second kappa shape index (κ2) is 6.26. The number of nitrogens with zero attached hydrogens (tertiary/aromatic N) is 1. The zero-order chi connectivity index (χ0) is 14.7. The van der Waals surface area contributed by atoms with Crippen LogP contribution >= 0.6 is 0 Å². The molecule has 110 valence electrons. The molecule has 3 nitrogen and oxygen atoms in total. The minimum atomic E-state index is -1.61. The van der Waals surface area contributed by atoms with Gasteiger partial charge in [0, 0.05) is 19.1 Å². The van der Waals surface area contributed by atoms with Crippen LogP contribution in [0.3, 0.4) is 0 Å². The maximum atomic E-state index is 13.6. The highest BCUT2D eigenvalue weighted by atomic mass is 19.2. The van der Waals surface area contributed by atoms with Crippen molar-refractivity contribution in [2.24, 2.45) is 0 Å². The zero-order valence-electron chi connectivity index (χ0n) is 11.3. The second-order valence-corrected chi connectivity index (χ2v) is 4.86. The molecule has 1 unspecified atom stereocenters. The van der Waals surface area contributed by atoms with Crippen molar-refractivity contribution in [2.45, 2.75) is 25.8 Å². The van der Waals surface area contributed by atoms with Gasteiger partial charge in [-0.3, -0.25) is 4.79 Å². The van der Waals surface area contributed by atoms with Crippen molar-refractivity contribution < 1.29 is 18.0 Å². The highest BCUT2D eigenvalue weighted by molar-refractivity contribution is 5.94. The van der Waals surface area contributed by atoms with Gasteiger partial charge in [-0.2, -0.15) is 0 Å². The van der Waals surface area contributed by atoms with Gasteiger partial charge in [-0.05, 0) is 38.4 Å². The molecule has 1 aromatic carbocycles. The van der Waals surface area contributed by atoms with E-state index in [0.717, 1.165) is 31.5 Å². The monoisotopic (exact) mass is 286 g/mol. The fraction of sp³-hybridized carbons (Fsp3) is 0.500. The van der Waals surface area contributed by atoms with Gasteiger partial charge in [0.05, 0.1) is 5.56 Å². The highest BCUT2D eigenvalue weighted by Crippen LogP contribution is 2.18. The molecule has 0 bridgehead atoms. The first-order chi connectivity index (χ1) is 9.54. The Morgan fingerprint density at radius 2 is 2.10 bits per heavy atom. The largest absolute Gasteiger partial charge is 0.337 e. The van der Waals surface area contributed by atoms with Crippen LogP contribution in [0.2, 0.25) is 0 Å². The van der Waals surface area contributed by atoms with Crippen molar-refractivity contribution in [3.8, 4) is 0 Å². The minimum absolute atomic E-state index is 0.173. The summed E-state index contributed by atoms with van der Waals surface area (Å²) in [6.07, 6.45) is 1.99. The Kier molecular flexibility index (Phi) is 4.65. The Balaban J connectivity index is 2.17. The Bertz CT molecular complexity index is 501. The van der Waals surface area contributed by atoms with Crippen molar-refractivity contribution in [1.29, 1.82) is 0 Å². The molecular formula is C14H17F3N2O. The molecule has 0 radical (unpaired) electrons. The molecule has 1 N–H and O–H groups in total. The Morgan fingerprint density at radius 1 is 1.35 bits per heavy atom. The summed E-state index contributed by atoms with van der Waals surface area (Å²) < 4.78 is 39.7. The Hall–Kier alpha value is -1.56. The third kappa shape index (κ3) is 2.95. The lowest BCUT2D eigenvalue weighted by atomic mass is 10.1. The number of nitrogens with one attached hydrogen (secondary N) is 1. The van der Waals surface area contributed by atoms with Crippen LogP contribution in [0.25, 0.3) is 0 Å². The van der Waals surface area contributed by atoms with Crippen molar-refractivity contribution in [2.75, 3.05) is 19.6 Å². The molecule has 0 saturated carbocycles. The predicted octanol–water partition coefficient (Wildman–Crippen LogP) is 2.32. The van der Waals surface area contributed by atoms with Crippen LogP contribution in [0.1, 0.15) is 30.1 Å². The summed E-state index contributed by atoms with van der Waals surface area (Å²) in [6.45, 7) is 3.49. The topological polar surface area (TPSA) is 32.3 Å². The van der Waals surface area contributed by atoms with Crippen LogP contribution < -0.4 is 5.32 Å². The molecule has 1 aliphatic rings. The van der Waals surface area contributed by atoms with E-state index in [1.54, 1.807) is 6.92 Å². The number of amides is 1. The average molecular weight is 286 g/mol. The van der Waals surface area contributed by atoms with Crippen LogP contribution in [0.4, 0.5) is 13.2 Å². The van der Waals surface area contributed by atoms with Crippen molar-refractivity contribution in [1.82, 2.24) is 10.2 Å². The maximum absolute atomic E-state index is 13.6. The lowest BCUT2D eigenvalue weighted by Crippen LogP contribution is -2.41. The molecule has 1 heterocycles. The number of hydrogen-bond donors (Lipinski definition) is 1. The molecule has 2 rings (SSSR count). The third-order valence-corrected chi connectivity index (χ3v) is 3.54. The molecule has 0 aliphatic carbocycles. The van der Waals surface area contributed by atoms with Gasteiger partial charge in [-0.15, -0.1) is 0 Å². The molecule has 1 amide bonds. The van der Waals surface area contributed by atoms with Crippen molar-refractivity contribution >= 4 is 5.91 Å². The summed E-state index contributed by atoms with van der Waals surface area (Å²) in [6, 6.07) is 1.93. The summed E-state index contributed by atoms with van der Waals surface area (Å²) in [5.41, 5.74) is -0.427. The number of carbonyl (C=O) groups is 1. The lowest BCUT2D eigenvalue weighted by Gasteiger charge is -2.24. The second-order valence-electron chi connectivity index (χ2n) is 4.86. The number of likely N-dealkylation sites (N-methyl/N-ethyl adjacent to an activating group) is 1. The van der Waals surface area contributed by atoms with E-state index in [9.17, 15) is 18.0 Å². The summed E-state index contributed by atoms with van der Waals surface area (Å²) in [5.74, 6) is -4.93. The number of rotatable bonds is 4. The maximum Gasteiger partial charge on any atom is 0.256 e. The first-order valence-corrected chi connectivity index (χ1v) is 6.70. The summed E-state index contributed by atoms with van der Waals surface area (Å²) >= 11 is 0. The number of benzene rings is 1. The van der Waals surface area contributed by atoms with Crippen LogP contribution in [-0.4, -0.2) is 36.5 Å². The summed E-state index contributed by atoms with van der Waals surface area (Å²) in [5, 5.41) is 3.24. The Morgan fingerprint density at radius 3 is 2.70 bits per heavy atom. The van der Waals surface area contributed by atoms with E-state index in [1.807, 2.05) is 0 Å². The average Bonchev–Trinajstić information content (AvgIpc) is 2.94. The lowest BCUT2D eigenvalue weighted by molar-refractivity contribution is 0.0745. The summed E-state index contributed by atoms with van der Waals surface area (Å²) in [7, 11) is 0. The van der Waals surface area contributed by atoms with Crippen molar-refractivity contribution in [3.05, 3.63) is 35.1 Å². The zero-order valence-corrected chi connectivity index (χ0v) is 11.3. The fourth-order valence-electron chi connectivity index (χ4n) is 2.40. The third-order valence-electron chi connectivity index (χ3n) is 3.54. The van der Waals surface area contributed by atoms with E-state index in [0.29, 0.717) is 13.1 Å². The molecule has 1 atom stereocenters. The first-order valence-electron chi connectivity index (χ1n) is 6.70. The van der Waals surface area contributed by atoms with Gasteiger partial charge in [0.1, 0.15) is 0 Å². The van der Waals surface area contributed by atoms with E-state index in [-0.39, 0.29) is 6.04 Å². The first kappa shape index (κ1) is 14.8. The molecule has 1 fully saturated rings. The fourth-order valence-corrected chi connectivity index (χ4v) is 2.40. The smallest absolute Gasteiger partial charge is 0.256 e. The highest BCUT2D eigenvalue weighted by Gasteiger charge is 2.25. The van der Waals surface area contributed by atoms with E-state index in [2.05, 4.69) is 5.32 Å². The normalized spacial score (nSPS) is 18.3. The molecule has 0 aromatic heterocycles. The van der Waals surface area contributed by atoms with Gasteiger partial charge in [0.15, 0.2) is 17.5 Å². The number of carbonyl (C=O) groups excluding carboxylic acids is 1. The molecule has 1 aromatic rings. The predicted molar refractivity (Wildman–Crippen MR) is 68.9 cm³/mol. The molecule has 20 heavy (non-hydrogen) atoms. The van der Waals surface area contributed by atoms with Gasteiger partial charge in [-0.1, -0.05) is 0 Å². The molecule has 1 saturated heterocycles. The van der Waals surface area contributed by atoms with Gasteiger partial charge < -0.3 is 10.2 Å². The molecule has 1 aliphatic heterocycles. The van der Waals surface area contributed by atoms with Crippen LogP contribution in [0.5, 0.6) is 0 Å². The van der Waals surface area contributed by atoms with Gasteiger partial charge in [0.25, 0.3) is 5.91 Å². The minimum Gasteiger partial charge on any atom is -0.337 e. The molecule has 6 heteroatoms. The van der Waals surface area contributed by atoms with Crippen LogP contribution in [0, 0.1) is 17.5 Å². The SMILES string of the molecule is CCN(CC1CCCN1)C(=O)c1ccc(F)c(F)c1F. The number of halogens is 3. The van der Waals surface area contributed by atoms with Crippen LogP contribution in [-0.2, 0) is 0 Å². The van der Waals surface area contributed by atoms with Gasteiger partial charge in [-0.25, -0.2) is 13.2 Å².